The van der Waals surface area contributed by atoms with Crippen molar-refractivity contribution in [1.29, 1.82) is 0 Å². The first kappa shape index (κ1) is 30.0. The Balaban J connectivity index is 0.000000371. The van der Waals surface area contributed by atoms with Crippen molar-refractivity contribution >= 4 is 12.0 Å². The molecular formula is C26H34F3N5O3. The van der Waals surface area contributed by atoms with Gasteiger partial charge in [0.15, 0.2) is 0 Å². The number of aryl methyl sites for hydroxylation is 1. The van der Waals surface area contributed by atoms with E-state index in [1.807, 2.05) is 20.3 Å². The van der Waals surface area contributed by atoms with Gasteiger partial charge in [-0.2, -0.15) is 13.2 Å². The molecule has 0 aliphatic rings. The van der Waals surface area contributed by atoms with Crippen molar-refractivity contribution in [3.05, 3.63) is 71.7 Å². The summed E-state index contributed by atoms with van der Waals surface area (Å²) in [4.78, 5) is 15.4. The molecule has 8 nitrogen and oxygen atoms in total. The van der Waals surface area contributed by atoms with Crippen molar-refractivity contribution in [3.63, 3.8) is 0 Å². The lowest BCUT2D eigenvalue weighted by Crippen LogP contribution is -2.17. The number of nitrogens with zero attached hydrogens (tertiary/aromatic N) is 2. The Kier molecular flexibility index (Phi) is 12.8. The van der Waals surface area contributed by atoms with Crippen LogP contribution in [-0.2, 0) is 29.2 Å². The van der Waals surface area contributed by atoms with Gasteiger partial charge in [0.1, 0.15) is 6.29 Å². The van der Waals surface area contributed by atoms with Gasteiger partial charge < -0.3 is 30.4 Å². The van der Waals surface area contributed by atoms with Gasteiger partial charge >= 0.3 is 6.18 Å². The zero-order valence-electron chi connectivity index (χ0n) is 21.1. The van der Waals surface area contributed by atoms with Gasteiger partial charge in [-0.3, -0.25) is 4.79 Å². The predicted octanol–water partition coefficient (Wildman–Crippen LogP) is 3.73. The van der Waals surface area contributed by atoms with Crippen molar-refractivity contribution in [1.82, 2.24) is 14.9 Å². The lowest BCUT2D eigenvalue weighted by atomic mass is 10.1. The van der Waals surface area contributed by atoms with Crippen LogP contribution in [0.15, 0.2) is 55.0 Å². The highest BCUT2D eigenvalue weighted by Crippen LogP contribution is 2.30. The highest BCUT2D eigenvalue weighted by atomic mass is 19.4. The smallest absolute Gasteiger partial charge is 0.380 e. The van der Waals surface area contributed by atoms with Gasteiger partial charge in [-0.1, -0.05) is 12.1 Å². The number of aromatic nitrogens is 2. The van der Waals surface area contributed by atoms with Crippen molar-refractivity contribution in [3.8, 4) is 11.3 Å². The molecule has 0 amide bonds. The first-order chi connectivity index (χ1) is 17.8. The number of benzene rings is 2. The van der Waals surface area contributed by atoms with Crippen LogP contribution in [0, 0.1) is 0 Å². The SMILES string of the molecule is CNCCOCCOCCN.Cn1cnc(-c2cc(C=O)ccc2NCc2ccc(C(F)(F)F)cc2)c1. The van der Waals surface area contributed by atoms with Crippen LogP contribution in [0.2, 0.25) is 0 Å². The average molecular weight is 522 g/mol. The molecule has 0 bridgehead atoms. The fourth-order valence-corrected chi connectivity index (χ4v) is 3.14. The highest BCUT2D eigenvalue weighted by Gasteiger charge is 2.29. The molecule has 0 atom stereocenters. The molecule has 0 aliphatic carbocycles. The van der Waals surface area contributed by atoms with E-state index in [9.17, 15) is 18.0 Å². The minimum atomic E-state index is -4.34. The number of carbonyl (C=O) groups is 1. The number of nitrogens with one attached hydrogen (secondary N) is 2. The molecule has 1 aromatic heterocycles. The van der Waals surface area contributed by atoms with Crippen molar-refractivity contribution in [2.75, 3.05) is 51.9 Å². The van der Waals surface area contributed by atoms with Gasteiger partial charge in [0.25, 0.3) is 0 Å². The molecule has 0 saturated carbocycles. The molecule has 0 aliphatic heterocycles. The third-order valence-corrected chi connectivity index (χ3v) is 5.06. The molecule has 4 N–H and O–H groups in total. The summed E-state index contributed by atoms with van der Waals surface area (Å²) < 4.78 is 50.0. The number of ether oxygens (including phenoxy) is 2. The van der Waals surface area contributed by atoms with Crippen LogP contribution < -0.4 is 16.4 Å². The quantitative estimate of drug-likeness (QED) is 0.233. The number of alkyl halides is 3. The molecule has 3 rings (SSSR count). The Morgan fingerprint density at radius 1 is 1.05 bits per heavy atom. The van der Waals surface area contributed by atoms with Crippen LogP contribution >= 0.6 is 0 Å². The molecule has 0 saturated heterocycles. The molecule has 0 fully saturated rings. The van der Waals surface area contributed by atoms with E-state index in [4.69, 9.17) is 15.2 Å². The van der Waals surface area contributed by atoms with Gasteiger partial charge in [-0.05, 0) is 42.9 Å². The number of hydrogen-bond donors (Lipinski definition) is 3. The van der Waals surface area contributed by atoms with E-state index in [1.165, 1.54) is 12.1 Å². The van der Waals surface area contributed by atoms with Gasteiger partial charge in [-0.15, -0.1) is 0 Å². The van der Waals surface area contributed by atoms with Crippen molar-refractivity contribution in [2.24, 2.45) is 12.8 Å². The normalized spacial score (nSPS) is 11.1. The Labute approximate surface area is 215 Å². The van der Waals surface area contributed by atoms with Gasteiger partial charge in [0.05, 0.1) is 44.0 Å². The molecule has 0 unspecified atom stereocenters. The number of anilines is 1. The summed E-state index contributed by atoms with van der Waals surface area (Å²) in [6.07, 6.45) is -0.107. The number of rotatable bonds is 13. The first-order valence-corrected chi connectivity index (χ1v) is 11.8. The topological polar surface area (TPSA) is 103 Å². The third kappa shape index (κ3) is 10.7. The number of hydrogen-bond acceptors (Lipinski definition) is 7. The maximum absolute atomic E-state index is 12.6. The number of carbonyl (C=O) groups excluding carboxylic acids is 1. The van der Waals surface area contributed by atoms with Crippen LogP contribution in [0.4, 0.5) is 18.9 Å². The second-order valence-corrected chi connectivity index (χ2v) is 8.01. The van der Waals surface area contributed by atoms with E-state index in [2.05, 4.69) is 15.6 Å². The summed E-state index contributed by atoms with van der Waals surface area (Å²) in [5, 5.41) is 6.18. The van der Waals surface area contributed by atoms with Crippen LogP contribution in [0.25, 0.3) is 11.3 Å². The predicted molar refractivity (Wildman–Crippen MR) is 137 cm³/mol. The average Bonchev–Trinajstić information content (AvgIpc) is 3.33. The Hall–Kier alpha value is -3.25. The number of likely N-dealkylation sites (N-methyl/N-ethyl adjacent to an activating group) is 1. The van der Waals surface area contributed by atoms with E-state index in [0.717, 1.165) is 42.8 Å². The maximum atomic E-state index is 12.6. The van der Waals surface area contributed by atoms with Crippen molar-refractivity contribution < 1.29 is 27.4 Å². The lowest BCUT2D eigenvalue weighted by Gasteiger charge is -2.12. The zero-order chi connectivity index (χ0) is 27.1. The summed E-state index contributed by atoms with van der Waals surface area (Å²) in [5.41, 5.74) is 7.97. The van der Waals surface area contributed by atoms with Gasteiger partial charge in [-0.25, -0.2) is 4.98 Å². The summed E-state index contributed by atoms with van der Waals surface area (Å²) in [7, 11) is 3.74. The molecule has 11 heteroatoms. The van der Waals surface area contributed by atoms with Crippen LogP contribution in [-0.4, -0.2) is 62.4 Å². The van der Waals surface area contributed by atoms with Crippen molar-refractivity contribution in [2.45, 2.75) is 12.7 Å². The van der Waals surface area contributed by atoms with E-state index in [0.29, 0.717) is 49.7 Å². The number of aldehydes is 1. The summed E-state index contributed by atoms with van der Waals surface area (Å²) in [6, 6.07) is 10.2. The largest absolute Gasteiger partial charge is 0.416 e. The third-order valence-electron chi connectivity index (χ3n) is 5.06. The van der Waals surface area contributed by atoms with Crippen LogP contribution in [0.5, 0.6) is 0 Å². The number of nitrogens with two attached hydrogens (primary N) is 1. The fraction of sp³-hybridized carbons (Fsp3) is 0.385. The Morgan fingerprint density at radius 3 is 2.32 bits per heavy atom. The zero-order valence-corrected chi connectivity index (χ0v) is 21.1. The Morgan fingerprint density at radius 2 is 1.76 bits per heavy atom. The van der Waals surface area contributed by atoms with E-state index < -0.39 is 11.7 Å². The molecule has 0 spiro atoms. The van der Waals surface area contributed by atoms with Gasteiger partial charge in [0.2, 0.25) is 0 Å². The molecule has 0 radical (unpaired) electrons. The maximum Gasteiger partial charge on any atom is 0.416 e. The monoisotopic (exact) mass is 521 g/mol. The number of halogens is 3. The molecule has 3 aromatic rings. The molecule has 2 aromatic carbocycles. The molecule has 202 valence electrons. The Bertz CT molecular complexity index is 1060. The highest BCUT2D eigenvalue weighted by molar-refractivity contribution is 5.84. The fourth-order valence-electron chi connectivity index (χ4n) is 3.14. The minimum Gasteiger partial charge on any atom is -0.380 e. The molecule has 1 heterocycles. The van der Waals surface area contributed by atoms with E-state index >= 15 is 0 Å². The van der Waals surface area contributed by atoms with Crippen LogP contribution in [0.3, 0.4) is 0 Å². The standard InChI is InChI=1S/C19H16F3N3O.C7H18N2O2/c1-25-10-18(24-12-25)16-8-14(11-26)4-7-17(16)23-9-13-2-5-15(6-3-13)19(20,21)22;1-9-3-5-11-7-6-10-4-2-8/h2-8,10-12,23H,9H2,1H3;9H,2-8H2,1H3. The second kappa shape index (κ2) is 15.8. The lowest BCUT2D eigenvalue weighted by molar-refractivity contribution is -0.137. The minimum absolute atomic E-state index is 0.346. The number of imidazole rings is 1. The summed E-state index contributed by atoms with van der Waals surface area (Å²) in [6.45, 7) is 4.46. The van der Waals surface area contributed by atoms with Crippen LogP contribution in [0.1, 0.15) is 21.5 Å². The first-order valence-electron chi connectivity index (χ1n) is 11.8. The second-order valence-electron chi connectivity index (χ2n) is 8.01. The van der Waals surface area contributed by atoms with E-state index in [-0.39, 0.29) is 0 Å². The molecular weight excluding hydrogens is 487 g/mol. The van der Waals surface area contributed by atoms with E-state index in [1.54, 1.807) is 29.1 Å². The summed E-state index contributed by atoms with van der Waals surface area (Å²) >= 11 is 0. The molecule has 37 heavy (non-hydrogen) atoms. The summed E-state index contributed by atoms with van der Waals surface area (Å²) in [5.74, 6) is 0. The van der Waals surface area contributed by atoms with Gasteiger partial charge in [0, 0.05) is 49.7 Å².